The summed E-state index contributed by atoms with van der Waals surface area (Å²) in [5.41, 5.74) is 3.88. The number of carbonyl (C=O) groups is 1. The average molecular weight is 273 g/mol. The molecule has 0 heterocycles. The van der Waals surface area contributed by atoms with Gasteiger partial charge in [-0.15, -0.1) is 0 Å². The predicted molar refractivity (Wildman–Crippen MR) is 76.9 cm³/mol. The summed E-state index contributed by atoms with van der Waals surface area (Å²) in [6.07, 6.45) is -0.180. The highest BCUT2D eigenvalue weighted by molar-refractivity contribution is 5.71. The van der Waals surface area contributed by atoms with E-state index in [2.05, 4.69) is 5.32 Å². The zero-order valence-electron chi connectivity index (χ0n) is 11.4. The lowest BCUT2D eigenvalue weighted by Gasteiger charge is -2.10. The number of hydrogen-bond acceptors (Lipinski definition) is 2. The third kappa shape index (κ3) is 3.35. The Morgan fingerprint density at radius 3 is 2.50 bits per heavy atom. The second kappa shape index (κ2) is 5.74. The molecule has 3 nitrogen and oxygen atoms in total. The molecule has 0 amide bonds. The van der Waals surface area contributed by atoms with Crippen LogP contribution in [0.2, 0.25) is 0 Å². The molecule has 0 aliphatic heterocycles. The molecule has 2 aromatic carbocycles. The minimum Gasteiger partial charge on any atom is -0.481 e. The van der Waals surface area contributed by atoms with Crippen molar-refractivity contribution < 1.29 is 14.3 Å². The minimum absolute atomic E-state index is 0.180. The average Bonchev–Trinajstić information content (AvgIpc) is 2.36. The van der Waals surface area contributed by atoms with Crippen LogP contribution in [0.5, 0.6) is 0 Å². The second-order valence-corrected chi connectivity index (χ2v) is 4.81. The van der Waals surface area contributed by atoms with Crippen molar-refractivity contribution in [1.82, 2.24) is 0 Å². The van der Waals surface area contributed by atoms with E-state index in [1.54, 1.807) is 12.1 Å². The summed E-state index contributed by atoms with van der Waals surface area (Å²) >= 11 is 0. The Balaban J connectivity index is 2.21. The van der Waals surface area contributed by atoms with Crippen LogP contribution in [-0.2, 0) is 11.2 Å². The highest BCUT2D eigenvalue weighted by Gasteiger charge is 2.07. The maximum atomic E-state index is 13.9. The predicted octanol–water partition coefficient (Wildman–Crippen LogP) is 3.81. The van der Waals surface area contributed by atoms with Crippen molar-refractivity contribution in [3.63, 3.8) is 0 Å². The van der Waals surface area contributed by atoms with Gasteiger partial charge in [-0.2, -0.15) is 0 Å². The molecule has 0 radical (unpaired) electrons. The highest BCUT2D eigenvalue weighted by atomic mass is 19.1. The van der Waals surface area contributed by atoms with Gasteiger partial charge in [0.25, 0.3) is 0 Å². The fraction of sp³-hybridized carbons (Fsp3) is 0.188. The van der Waals surface area contributed by atoms with Crippen LogP contribution in [0.1, 0.15) is 16.7 Å². The lowest BCUT2D eigenvalue weighted by molar-refractivity contribution is -0.136. The third-order valence-corrected chi connectivity index (χ3v) is 3.17. The fourth-order valence-corrected chi connectivity index (χ4v) is 1.92. The van der Waals surface area contributed by atoms with Crippen molar-refractivity contribution in [2.45, 2.75) is 20.3 Å². The summed E-state index contributed by atoms with van der Waals surface area (Å²) in [5.74, 6) is -1.43. The number of benzene rings is 2. The lowest BCUT2D eigenvalue weighted by atomic mass is 10.1. The first-order valence-corrected chi connectivity index (χ1v) is 6.30. The topological polar surface area (TPSA) is 49.3 Å². The van der Waals surface area contributed by atoms with E-state index < -0.39 is 11.8 Å². The first-order valence-electron chi connectivity index (χ1n) is 6.30. The molecule has 0 spiro atoms. The Labute approximate surface area is 117 Å². The SMILES string of the molecule is Cc1ccc(Nc2ccc(CC(=O)O)cc2F)cc1C. The summed E-state index contributed by atoms with van der Waals surface area (Å²) in [4.78, 5) is 10.6. The molecule has 0 saturated heterocycles. The molecule has 2 rings (SSSR count). The van der Waals surface area contributed by atoms with Gasteiger partial charge in [0, 0.05) is 5.69 Å². The normalized spacial score (nSPS) is 10.3. The molecule has 2 aromatic rings. The van der Waals surface area contributed by atoms with Gasteiger partial charge < -0.3 is 10.4 Å². The molecule has 0 saturated carbocycles. The smallest absolute Gasteiger partial charge is 0.307 e. The zero-order valence-corrected chi connectivity index (χ0v) is 11.4. The molecule has 0 aromatic heterocycles. The van der Waals surface area contributed by atoms with Crippen LogP contribution in [0.3, 0.4) is 0 Å². The summed E-state index contributed by atoms with van der Waals surface area (Å²) in [7, 11) is 0. The van der Waals surface area contributed by atoms with E-state index in [4.69, 9.17) is 5.11 Å². The van der Waals surface area contributed by atoms with Gasteiger partial charge in [-0.1, -0.05) is 12.1 Å². The maximum Gasteiger partial charge on any atom is 0.307 e. The van der Waals surface area contributed by atoms with Gasteiger partial charge in [-0.3, -0.25) is 4.79 Å². The van der Waals surface area contributed by atoms with Gasteiger partial charge in [-0.05, 0) is 54.8 Å². The molecule has 0 bridgehead atoms. The van der Waals surface area contributed by atoms with Crippen LogP contribution >= 0.6 is 0 Å². The zero-order chi connectivity index (χ0) is 14.7. The highest BCUT2D eigenvalue weighted by Crippen LogP contribution is 2.23. The Bertz CT molecular complexity index is 653. The molecule has 0 aliphatic carbocycles. The molecule has 2 N–H and O–H groups in total. The van der Waals surface area contributed by atoms with Crippen molar-refractivity contribution >= 4 is 17.3 Å². The van der Waals surface area contributed by atoms with Crippen molar-refractivity contribution in [2.75, 3.05) is 5.32 Å². The molecule has 20 heavy (non-hydrogen) atoms. The number of anilines is 2. The number of aliphatic carboxylic acids is 1. The van der Waals surface area contributed by atoms with Crippen molar-refractivity contribution in [2.24, 2.45) is 0 Å². The van der Waals surface area contributed by atoms with E-state index in [-0.39, 0.29) is 6.42 Å². The molecular weight excluding hydrogens is 257 g/mol. The van der Waals surface area contributed by atoms with Gasteiger partial charge >= 0.3 is 5.97 Å². The van der Waals surface area contributed by atoms with Gasteiger partial charge in [-0.25, -0.2) is 4.39 Å². The molecular formula is C16H16FNO2. The monoisotopic (exact) mass is 273 g/mol. The van der Waals surface area contributed by atoms with Crippen molar-refractivity contribution in [3.8, 4) is 0 Å². The summed E-state index contributed by atoms with van der Waals surface area (Å²) < 4.78 is 13.9. The number of aryl methyl sites for hydroxylation is 2. The summed E-state index contributed by atoms with van der Waals surface area (Å²) in [5, 5.41) is 11.7. The van der Waals surface area contributed by atoms with Crippen LogP contribution in [0.15, 0.2) is 36.4 Å². The van der Waals surface area contributed by atoms with E-state index in [1.165, 1.54) is 11.6 Å². The van der Waals surface area contributed by atoms with Crippen molar-refractivity contribution in [3.05, 3.63) is 58.9 Å². The third-order valence-electron chi connectivity index (χ3n) is 3.17. The number of carboxylic acid groups (broad SMARTS) is 1. The Kier molecular flexibility index (Phi) is 4.03. The van der Waals surface area contributed by atoms with Gasteiger partial charge in [0.05, 0.1) is 12.1 Å². The molecule has 0 unspecified atom stereocenters. The number of hydrogen-bond donors (Lipinski definition) is 2. The minimum atomic E-state index is -0.973. The molecule has 0 atom stereocenters. The van der Waals surface area contributed by atoms with Gasteiger partial charge in [0.15, 0.2) is 0 Å². The Morgan fingerprint density at radius 2 is 1.90 bits per heavy atom. The number of rotatable bonds is 4. The Morgan fingerprint density at radius 1 is 1.15 bits per heavy atom. The number of nitrogens with one attached hydrogen (secondary N) is 1. The second-order valence-electron chi connectivity index (χ2n) is 4.81. The first kappa shape index (κ1) is 14.1. The quantitative estimate of drug-likeness (QED) is 0.890. The summed E-state index contributed by atoms with van der Waals surface area (Å²) in [6, 6.07) is 10.2. The van der Waals surface area contributed by atoms with Crippen LogP contribution in [0.4, 0.5) is 15.8 Å². The molecule has 4 heteroatoms. The van der Waals surface area contributed by atoms with Crippen LogP contribution in [-0.4, -0.2) is 11.1 Å². The molecule has 104 valence electrons. The van der Waals surface area contributed by atoms with E-state index >= 15 is 0 Å². The van der Waals surface area contributed by atoms with Crippen LogP contribution in [0, 0.1) is 19.7 Å². The van der Waals surface area contributed by atoms with E-state index in [1.807, 2.05) is 32.0 Å². The van der Waals surface area contributed by atoms with Gasteiger partial charge in [0.2, 0.25) is 0 Å². The molecule has 0 fully saturated rings. The standard InChI is InChI=1S/C16H16FNO2/c1-10-3-5-13(7-11(10)2)18-15-6-4-12(8-14(15)17)9-16(19)20/h3-8,18H,9H2,1-2H3,(H,19,20). The van der Waals surface area contributed by atoms with Crippen molar-refractivity contribution in [1.29, 1.82) is 0 Å². The molecule has 0 aliphatic rings. The lowest BCUT2D eigenvalue weighted by Crippen LogP contribution is -2.01. The van der Waals surface area contributed by atoms with E-state index in [0.717, 1.165) is 11.3 Å². The Hall–Kier alpha value is -2.36. The first-order chi connectivity index (χ1) is 9.45. The number of halogens is 1. The fourth-order valence-electron chi connectivity index (χ4n) is 1.92. The number of carboxylic acids is 1. The largest absolute Gasteiger partial charge is 0.481 e. The van der Waals surface area contributed by atoms with Crippen LogP contribution in [0.25, 0.3) is 0 Å². The van der Waals surface area contributed by atoms with E-state index in [9.17, 15) is 9.18 Å². The van der Waals surface area contributed by atoms with E-state index in [0.29, 0.717) is 11.3 Å². The van der Waals surface area contributed by atoms with Gasteiger partial charge in [0.1, 0.15) is 5.82 Å². The maximum absolute atomic E-state index is 13.9. The summed E-state index contributed by atoms with van der Waals surface area (Å²) in [6.45, 7) is 4.01. The van der Waals surface area contributed by atoms with Crippen LogP contribution < -0.4 is 5.32 Å².